The molecule has 2 N–H and O–H groups in total. The fraction of sp³-hybridized carbons (Fsp3) is 0.714. The second kappa shape index (κ2) is 7.02. The molecule has 0 amide bonds. The number of hydrogen-bond acceptors (Lipinski definition) is 4. The van der Waals surface area contributed by atoms with Gasteiger partial charge in [-0.2, -0.15) is 0 Å². The van der Waals surface area contributed by atoms with Crippen LogP contribution in [0.3, 0.4) is 0 Å². The summed E-state index contributed by atoms with van der Waals surface area (Å²) in [5.41, 5.74) is 0. The Labute approximate surface area is 126 Å². The van der Waals surface area contributed by atoms with E-state index in [-0.39, 0.29) is 6.04 Å². The highest BCUT2D eigenvalue weighted by Gasteiger charge is 2.22. The molecule has 1 aromatic rings. The predicted octanol–water partition coefficient (Wildman–Crippen LogP) is 2.86. The first-order chi connectivity index (χ1) is 9.51. The van der Waals surface area contributed by atoms with Crippen molar-refractivity contribution in [2.75, 3.05) is 0 Å². The van der Waals surface area contributed by atoms with Gasteiger partial charge in [-0.05, 0) is 32.3 Å². The Morgan fingerprint density at radius 2 is 2.20 bits per heavy atom. The summed E-state index contributed by atoms with van der Waals surface area (Å²) in [7, 11) is -3.36. The third-order valence-electron chi connectivity index (χ3n) is 3.43. The lowest BCUT2D eigenvalue weighted by molar-refractivity contribution is 0.534. The molecule has 2 rings (SSSR count). The van der Waals surface area contributed by atoms with Crippen LogP contribution in [-0.2, 0) is 16.6 Å². The van der Waals surface area contributed by atoms with Crippen LogP contribution in [0.15, 0.2) is 16.3 Å². The normalized spacial score (nSPS) is 17.3. The van der Waals surface area contributed by atoms with Crippen molar-refractivity contribution < 1.29 is 8.42 Å². The third kappa shape index (κ3) is 4.84. The van der Waals surface area contributed by atoms with E-state index in [0.717, 1.165) is 30.7 Å². The van der Waals surface area contributed by atoms with Gasteiger partial charge in [-0.3, -0.25) is 0 Å². The van der Waals surface area contributed by atoms with E-state index in [2.05, 4.69) is 17.0 Å². The highest BCUT2D eigenvalue weighted by Crippen LogP contribution is 2.23. The number of rotatable bonds is 9. The van der Waals surface area contributed by atoms with Crippen LogP contribution in [0.25, 0.3) is 0 Å². The first-order valence-electron chi connectivity index (χ1n) is 7.34. The fourth-order valence-electron chi connectivity index (χ4n) is 2.03. The van der Waals surface area contributed by atoms with Gasteiger partial charge in [-0.25, -0.2) is 13.1 Å². The minimum atomic E-state index is -3.36. The maximum absolute atomic E-state index is 12.2. The molecule has 1 heterocycles. The summed E-state index contributed by atoms with van der Waals surface area (Å²) in [6, 6.07) is 2.42. The van der Waals surface area contributed by atoms with E-state index in [9.17, 15) is 8.42 Å². The number of sulfonamides is 1. The smallest absolute Gasteiger partial charge is 0.241 e. The standard InChI is InChI=1S/C14H24N2O2S2/c1-3-4-5-11(2)16-20(17,18)14-8-13(19-10-14)9-15-12-6-7-12/h8,10-12,15-16H,3-7,9H2,1-2H3. The maximum Gasteiger partial charge on any atom is 0.241 e. The lowest BCUT2D eigenvalue weighted by atomic mass is 10.2. The molecule has 0 spiro atoms. The van der Waals surface area contributed by atoms with Crippen LogP contribution >= 0.6 is 11.3 Å². The van der Waals surface area contributed by atoms with Crippen molar-refractivity contribution in [2.45, 2.75) is 69.5 Å². The molecular weight excluding hydrogens is 292 g/mol. The third-order valence-corrected chi connectivity index (χ3v) is 6.08. The van der Waals surface area contributed by atoms with Gasteiger partial charge in [-0.1, -0.05) is 19.8 Å². The largest absolute Gasteiger partial charge is 0.309 e. The van der Waals surface area contributed by atoms with Gasteiger partial charge in [0.1, 0.15) is 0 Å². The molecule has 1 fully saturated rings. The van der Waals surface area contributed by atoms with E-state index in [4.69, 9.17) is 0 Å². The molecule has 1 aliphatic carbocycles. The molecule has 1 aliphatic rings. The molecule has 1 atom stereocenters. The number of thiophene rings is 1. The lowest BCUT2D eigenvalue weighted by Crippen LogP contribution is -2.32. The Morgan fingerprint density at radius 1 is 1.45 bits per heavy atom. The van der Waals surface area contributed by atoms with Crippen LogP contribution in [-0.4, -0.2) is 20.5 Å². The van der Waals surface area contributed by atoms with Gasteiger partial charge in [0.25, 0.3) is 0 Å². The van der Waals surface area contributed by atoms with Gasteiger partial charge in [0.05, 0.1) is 4.90 Å². The van der Waals surface area contributed by atoms with Crippen LogP contribution < -0.4 is 10.0 Å². The van der Waals surface area contributed by atoms with Crippen LogP contribution in [0.5, 0.6) is 0 Å². The highest BCUT2D eigenvalue weighted by atomic mass is 32.2. The molecule has 1 aromatic heterocycles. The quantitative estimate of drug-likeness (QED) is 0.736. The van der Waals surface area contributed by atoms with Crippen molar-refractivity contribution in [3.05, 3.63) is 16.3 Å². The number of hydrogen-bond donors (Lipinski definition) is 2. The Balaban J connectivity index is 1.90. The fourth-order valence-corrected chi connectivity index (χ4v) is 4.53. The van der Waals surface area contributed by atoms with E-state index in [1.165, 1.54) is 24.2 Å². The Kier molecular flexibility index (Phi) is 5.60. The molecule has 0 aliphatic heterocycles. The first kappa shape index (κ1) is 15.9. The molecule has 4 nitrogen and oxygen atoms in total. The van der Waals surface area contributed by atoms with Crippen molar-refractivity contribution in [1.82, 2.24) is 10.0 Å². The predicted molar refractivity (Wildman–Crippen MR) is 83.5 cm³/mol. The SMILES string of the molecule is CCCCC(C)NS(=O)(=O)c1csc(CNC2CC2)c1. The average molecular weight is 316 g/mol. The summed E-state index contributed by atoms with van der Waals surface area (Å²) in [6.45, 7) is 4.81. The minimum absolute atomic E-state index is 0.00658. The first-order valence-corrected chi connectivity index (χ1v) is 9.70. The van der Waals surface area contributed by atoms with Gasteiger partial charge < -0.3 is 5.32 Å². The second-order valence-corrected chi connectivity index (χ2v) is 8.28. The zero-order chi connectivity index (χ0) is 14.6. The highest BCUT2D eigenvalue weighted by molar-refractivity contribution is 7.89. The van der Waals surface area contributed by atoms with E-state index in [0.29, 0.717) is 10.9 Å². The van der Waals surface area contributed by atoms with Crippen molar-refractivity contribution in [3.8, 4) is 0 Å². The number of unbranched alkanes of at least 4 members (excludes halogenated alkanes) is 1. The average Bonchev–Trinajstić information content (AvgIpc) is 3.09. The van der Waals surface area contributed by atoms with Gasteiger partial charge in [0, 0.05) is 28.9 Å². The van der Waals surface area contributed by atoms with E-state index >= 15 is 0 Å². The molecule has 114 valence electrons. The van der Waals surface area contributed by atoms with E-state index in [1.807, 2.05) is 6.92 Å². The van der Waals surface area contributed by atoms with Gasteiger partial charge in [0.15, 0.2) is 0 Å². The molecule has 0 radical (unpaired) electrons. The zero-order valence-electron chi connectivity index (χ0n) is 12.2. The molecule has 0 saturated heterocycles. The summed E-state index contributed by atoms with van der Waals surface area (Å²) in [5.74, 6) is 0. The van der Waals surface area contributed by atoms with Gasteiger partial charge in [-0.15, -0.1) is 11.3 Å². The molecule has 1 unspecified atom stereocenters. The van der Waals surface area contributed by atoms with Crippen LogP contribution in [0.4, 0.5) is 0 Å². The molecule has 0 bridgehead atoms. The molecule has 6 heteroatoms. The van der Waals surface area contributed by atoms with E-state index < -0.39 is 10.0 Å². The topological polar surface area (TPSA) is 58.2 Å². The second-order valence-electron chi connectivity index (χ2n) is 5.57. The zero-order valence-corrected chi connectivity index (χ0v) is 13.8. The van der Waals surface area contributed by atoms with Crippen molar-refractivity contribution >= 4 is 21.4 Å². The molecular formula is C14H24N2O2S2. The summed E-state index contributed by atoms with van der Waals surface area (Å²) in [4.78, 5) is 1.48. The monoisotopic (exact) mass is 316 g/mol. The van der Waals surface area contributed by atoms with Crippen molar-refractivity contribution in [2.24, 2.45) is 0 Å². The maximum atomic E-state index is 12.2. The van der Waals surface area contributed by atoms with Gasteiger partial charge in [0.2, 0.25) is 10.0 Å². The number of nitrogens with one attached hydrogen (secondary N) is 2. The summed E-state index contributed by atoms with van der Waals surface area (Å²) in [6.07, 6.45) is 5.50. The molecule has 0 aromatic carbocycles. The molecule has 1 saturated carbocycles. The molecule has 20 heavy (non-hydrogen) atoms. The van der Waals surface area contributed by atoms with Crippen molar-refractivity contribution in [3.63, 3.8) is 0 Å². The Bertz CT molecular complexity index is 521. The minimum Gasteiger partial charge on any atom is -0.309 e. The summed E-state index contributed by atoms with van der Waals surface area (Å²) >= 11 is 1.51. The van der Waals surface area contributed by atoms with E-state index in [1.54, 1.807) is 11.4 Å². The summed E-state index contributed by atoms with van der Waals surface area (Å²) in [5, 5.41) is 5.14. The van der Waals surface area contributed by atoms with Crippen LogP contribution in [0, 0.1) is 0 Å². The summed E-state index contributed by atoms with van der Waals surface area (Å²) < 4.78 is 27.2. The Morgan fingerprint density at radius 3 is 2.85 bits per heavy atom. The van der Waals surface area contributed by atoms with Crippen molar-refractivity contribution in [1.29, 1.82) is 0 Å². The van der Waals surface area contributed by atoms with Crippen LogP contribution in [0.1, 0.15) is 50.8 Å². The van der Waals surface area contributed by atoms with Crippen LogP contribution in [0.2, 0.25) is 0 Å². The van der Waals surface area contributed by atoms with Gasteiger partial charge >= 0.3 is 0 Å². The lowest BCUT2D eigenvalue weighted by Gasteiger charge is -2.12. The Hall–Kier alpha value is -0.430.